The van der Waals surface area contributed by atoms with Gasteiger partial charge in [-0.15, -0.1) is 0 Å². The van der Waals surface area contributed by atoms with Crippen LogP contribution in [0, 0.1) is 12.3 Å². The van der Waals surface area contributed by atoms with Crippen LogP contribution in [0.2, 0.25) is 0 Å². The summed E-state index contributed by atoms with van der Waals surface area (Å²) < 4.78 is 0. The van der Waals surface area contributed by atoms with E-state index in [-0.39, 0.29) is 14.9 Å². The molecule has 1 unspecified atom stereocenters. The van der Waals surface area contributed by atoms with Gasteiger partial charge in [-0.3, -0.25) is 20.2 Å². The van der Waals surface area contributed by atoms with Crippen LogP contribution >= 0.6 is 0 Å². The lowest BCUT2D eigenvalue weighted by molar-refractivity contribution is 0.247. The van der Waals surface area contributed by atoms with Gasteiger partial charge in [-0.05, 0) is 43.2 Å². The zero-order chi connectivity index (χ0) is 22.3. The van der Waals surface area contributed by atoms with Crippen molar-refractivity contribution in [3.63, 3.8) is 0 Å². The standard InChI is InChI=1S/C23H26N8O.2H2/c1-16-9-19(4-7-26-16)28-21-13-27-22(10-18(21)11-24)30-23(32)29-20-5-8-31(15-20)14-17-3-2-6-25-12-17;;/h2-4,6-7,9-13,20,24H,5,8,14-15H2,1H3,(H,26,28)(H2,27,29,30,32);2*1H. The molecule has 9 heteroatoms. The van der Waals surface area contributed by atoms with Gasteiger partial charge in [0, 0.05) is 70.3 Å². The minimum atomic E-state index is -0.299. The van der Waals surface area contributed by atoms with Gasteiger partial charge in [0.1, 0.15) is 5.82 Å². The Kier molecular flexibility index (Phi) is 6.66. The molecule has 3 aromatic rings. The van der Waals surface area contributed by atoms with E-state index in [0.29, 0.717) is 17.1 Å². The van der Waals surface area contributed by atoms with Crippen molar-refractivity contribution in [1.82, 2.24) is 25.2 Å². The molecule has 1 saturated heterocycles. The lowest BCUT2D eigenvalue weighted by atomic mass is 10.2. The third-order valence-electron chi connectivity index (χ3n) is 5.25. The summed E-state index contributed by atoms with van der Waals surface area (Å²) in [7, 11) is 0. The van der Waals surface area contributed by atoms with Crippen molar-refractivity contribution in [2.75, 3.05) is 23.7 Å². The van der Waals surface area contributed by atoms with Gasteiger partial charge in [0.05, 0.1) is 11.9 Å². The molecule has 0 radical (unpaired) electrons. The Balaban J connectivity index is 0.00000204. The number of carbonyl (C=O) groups is 1. The maximum Gasteiger partial charge on any atom is 0.320 e. The molecule has 2 amide bonds. The van der Waals surface area contributed by atoms with Crippen LogP contribution in [-0.4, -0.2) is 51.2 Å². The fraction of sp³-hybridized carbons (Fsp3) is 0.261. The summed E-state index contributed by atoms with van der Waals surface area (Å²) in [6.45, 7) is 4.44. The highest BCUT2D eigenvalue weighted by Crippen LogP contribution is 2.21. The quantitative estimate of drug-likeness (QED) is 0.420. The van der Waals surface area contributed by atoms with E-state index in [2.05, 4.69) is 41.9 Å². The summed E-state index contributed by atoms with van der Waals surface area (Å²) in [6.07, 6.45) is 9.08. The van der Waals surface area contributed by atoms with Gasteiger partial charge in [0.25, 0.3) is 0 Å². The summed E-state index contributed by atoms with van der Waals surface area (Å²) in [5.41, 5.74) is 4.21. The Morgan fingerprint density at radius 3 is 2.97 bits per heavy atom. The number of hydrogen-bond donors (Lipinski definition) is 4. The maximum absolute atomic E-state index is 12.5. The monoisotopic (exact) mass is 434 g/mol. The van der Waals surface area contributed by atoms with E-state index >= 15 is 0 Å². The molecule has 1 fully saturated rings. The second-order valence-corrected chi connectivity index (χ2v) is 7.79. The normalized spacial score (nSPS) is 15.8. The number of aryl methyl sites for hydroxylation is 1. The van der Waals surface area contributed by atoms with Gasteiger partial charge >= 0.3 is 6.03 Å². The van der Waals surface area contributed by atoms with Crippen molar-refractivity contribution >= 4 is 29.4 Å². The Labute approximate surface area is 189 Å². The fourth-order valence-electron chi connectivity index (χ4n) is 3.72. The highest BCUT2D eigenvalue weighted by atomic mass is 16.2. The molecule has 4 N–H and O–H groups in total. The number of rotatable bonds is 7. The molecule has 1 atom stereocenters. The third-order valence-corrected chi connectivity index (χ3v) is 5.25. The zero-order valence-corrected chi connectivity index (χ0v) is 17.9. The summed E-state index contributed by atoms with van der Waals surface area (Å²) in [5.74, 6) is 0.391. The highest BCUT2D eigenvalue weighted by molar-refractivity contribution is 5.92. The number of nitrogens with zero attached hydrogens (tertiary/aromatic N) is 4. The van der Waals surface area contributed by atoms with E-state index in [4.69, 9.17) is 5.41 Å². The number of likely N-dealkylation sites (tertiary alicyclic amines) is 1. The van der Waals surface area contributed by atoms with E-state index in [0.717, 1.165) is 43.0 Å². The molecule has 168 valence electrons. The van der Waals surface area contributed by atoms with Gasteiger partial charge in [0.15, 0.2) is 0 Å². The van der Waals surface area contributed by atoms with Crippen LogP contribution < -0.4 is 16.0 Å². The van der Waals surface area contributed by atoms with E-state index < -0.39 is 0 Å². The fourth-order valence-corrected chi connectivity index (χ4v) is 3.72. The molecule has 3 aromatic heterocycles. The molecule has 0 aliphatic carbocycles. The number of aromatic nitrogens is 3. The SMILES string of the molecule is Cc1cc(Nc2cnc(NC(=O)NC3CCN(Cc4cccnc4)C3)cc2C=N)ccn1.[HH].[HH]. The van der Waals surface area contributed by atoms with Gasteiger partial charge in [-0.25, -0.2) is 9.78 Å². The first-order valence-corrected chi connectivity index (χ1v) is 10.5. The van der Waals surface area contributed by atoms with Crippen molar-refractivity contribution in [1.29, 1.82) is 5.41 Å². The number of hydrogen-bond acceptors (Lipinski definition) is 7. The minimum Gasteiger partial charge on any atom is -0.354 e. The van der Waals surface area contributed by atoms with Crippen LogP contribution in [0.1, 0.15) is 26.1 Å². The van der Waals surface area contributed by atoms with Crippen LogP contribution in [0.5, 0.6) is 0 Å². The van der Waals surface area contributed by atoms with Crippen molar-refractivity contribution in [2.45, 2.75) is 25.9 Å². The topological polar surface area (TPSA) is 119 Å². The van der Waals surface area contributed by atoms with Crippen LogP contribution in [0.15, 0.2) is 55.1 Å². The predicted octanol–water partition coefficient (Wildman–Crippen LogP) is 3.81. The number of anilines is 3. The van der Waals surface area contributed by atoms with Gasteiger partial charge in [0.2, 0.25) is 0 Å². The van der Waals surface area contributed by atoms with Gasteiger partial charge in [-0.1, -0.05) is 6.07 Å². The summed E-state index contributed by atoms with van der Waals surface area (Å²) >= 11 is 0. The number of pyridine rings is 3. The highest BCUT2D eigenvalue weighted by Gasteiger charge is 2.24. The Morgan fingerprint density at radius 2 is 2.19 bits per heavy atom. The first kappa shape index (κ1) is 21.4. The number of nitrogens with one attached hydrogen (secondary N) is 4. The average molecular weight is 435 g/mol. The molecule has 0 bridgehead atoms. The Bertz CT molecular complexity index is 1100. The molecule has 1 aliphatic heterocycles. The lowest BCUT2D eigenvalue weighted by Gasteiger charge is -2.17. The number of amides is 2. The van der Waals surface area contributed by atoms with Crippen LogP contribution in [0.25, 0.3) is 0 Å². The van der Waals surface area contributed by atoms with E-state index in [9.17, 15) is 4.79 Å². The second kappa shape index (κ2) is 9.97. The largest absolute Gasteiger partial charge is 0.354 e. The van der Waals surface area contributed by atoms with Crippen molar-refractivity contribution in [2.24, 2.45) is 0 Å². The molecule has 0 saturated carbocycles. The smallest absolute Gasteiger partial charge is 0.320 e. The first-order chi connectivity index (χ1) is 15.6. The van der Waals surface area contributed by atoms with E-state index in [1.54, 1.807) is 24.7 Å². The van der Waals surface area contributed by atoms with Crippen LogP contribution in [-0.2, 0) is 6.54 Å². The van der Waals surface area contributed by atoms with Crippen LogP contribution in [0.3, 0.4) is 0 Å². The lowest BCUT2D eigenvalue weighted by Crippen LogP contribution is -2.39. The molecule has 0 aromatic carbocycles. The molecular formula is C23H30N8O. The summed E-state index contributed by atoms with van der Waals surface area (Å²) in [5, 5.41) is 16.8. The van der Waals surface area contributed by atoms with Crippen molar-refractivity contribution in [3.05, 3.63) is 71.9 Å². The maximum atomic E-state index is 12.5. The molecule has 4 rings (SSSR count). The average Bonchev–Trinajstić information content (AvgIpc) is 3.22. The Morgan fingerprint density at radius 1 is 1.28 bits per heavy atom. The Hall–Kier alpha value is -3.85. The zero-order valence-electron chi connectivity index (χ0n) is 17.9. The third kappa shape index (κ3) is 5.64. The molecular weight excluding hydrogens is 404 g/mol. The first-order valence-electron chi connectivity index (χ1n) is 10.5. The minimum absolute atomic E-state index is 0. The van der Waals surface area contributed by atoms with Crippen molar-refractivity contribution in [3.8, 4) is 0 Å². The van der Waals surface area contributed by atoms with E-state index in [1.807, 2.05) is 31.3 Å². The van der Waals surface area contributed by atoms with Crippen molar-refractivity contribution < 1.29 is 7.65 Å². The number of carbonyl (C=O) groups excluding carboxylic acids is 1. The predicted molar refractivity (Wildman–Crippen MR) is 129 cm³/mol. The van der Waals surface area contributed by atoms with Gasteiger partial charge in [-0.2, -0.15) is 0 Å². The molecule has 9 nitrogen and oxygen atoms in total. The molecule has 0 spiro atoms. The summed E-state index contributed by atoms with van der Waals surface area (Å²) in [4.78, 5) is 27.4. The van der Waals surface area contributed by atoms with E-state index in [1.165, 1.54) is 6.21 Å². The molecule has 32 heavy (non-hydrogen) atoms. The second-order valence-electron chi connectivity index (χ2n) is 7.79. The van der Waals surface area contributed by atoms with Gasteiger partial charge < -0.3 is 16.0 Å². The van der Waals surface area contributed by atoms with Crippen LogP contribution in [0.4, 0.5) is 22.0 Å². The summed E-state index contributed by atoms with van der Waals surface area (Å²) in [6, 6.07) is 9.19. The number of urea groups is 1. The molecule has 1 aliphatic rings. The molecule has 4 heterocycles.